The highest BCUT2D eigenvalue weighted by Gasteiger charge is 2.10. The van der Waals surface area contributed by atoms with Crippen molar-refractivity contribution in [3.8, 4) is 5.88 Å². The fraction of sp³-hybridized carbons (Fsp3) is 0.200. The number of benzene rings is 1. The summed E-state index contributed by atoms with van der Waals surface area (Å²) in [4.78, 5) is 18.1. The fourth-order valence-electron chi connectivity index (χ4n) is 1.75. The summed E-state index contributed by atoms with van der Waals surface area (Å²) in [6.45, 7) is 0. The lowest BCUT2D eigenvalue weighted by atomic mass is 10.2. The Kier molecular flexibility index (Phi) is 4.65. The van der Waals surface area contributed by atoms with Gasteiger partial charge < -0.3 is 15.0 Å². The number of hydrogen-bond donors (Lipinski definition) is 1. The van der Waals surface area contributed by atoms with Gasteiger partial charge in [0.1, 0.15) is 5.15 Å². The minimum absolute atomic E-state index is 0.211. The van der Waals surface area contributed by atoms with Crippen molar-refractivity contribution in [3.63, 3.8) is 0 Å². The van der Waals surface area contributed by atoms with Crippen LogP contribution in [-0.4, -0.2) is 32.1 Å². The molecule has 1 N–H and O–H groups in total. The summed E-state index contributed by atoms with van der Waals surface area (Å²) in [7, 11) is 5.39. The molecule has 0 unspecified atom stereocenters. The molecule has 0 saturated heterocycles. The first-order chi connectivity index (χ1) is 9.99. The van der Waals surface area contributed by atoms with Crippen LogP contribution in [0.1, 0.15) is 10.4 Å². The number of pyridine rings is 1. The molecule has 0 radical (unpaired) electrons. The number of ether oxygens (including phenoxy) is 1. The molecule has 0 aliphatic heterocycles. The van der Waals surface area contributed by atoms with Crippen LogP contribution in [0.4, 0.5) is 11.4 Å². The van der Waals surface area contributed by atoms with Crippen molar-refractivity contribution in [2.75, 3.05) is 31.4 Å². The molecular formula is C15H16ClN3O2. The number of carbonyl (C=O) groups is 1. The summed E-state index contributed by atoms with van der Waals surface area (Å²) < 4.78 is 5.00. The van der Waals surface area contributed by atoms with E-state index >= 15 is 0 Å². The van der Waals surface area contributed by atoms with Gasteiger partial charge in [-0.2, -0.15) is 0 Å². The molecule has 2 aromatic rings. The first-order valence-corrected chi connectivity index (χ1v) is 6.67. The first kappa shape index (κ1) is 15.1. The van der Waals surface area contributed by atoms with Crippen molar-refractivity contribution in [2.24, 2.45) is 0 Å². The van der Waals surface area contributed by atoms with Crippen molar-refractivity contribution in [2.45, 2.75) is 0 Å². The number of methoxy groups -OCH3 is 1. The van der Waals surface area contributed by atoms with Gasteiger partial charge in [-0.1, -0.05) is 11.6 Å². The van der Waals surface area contributed by atoms with Gasteiger partial charge in [0, 0.05) is 37.1 Å². The van der Waals surface area contributed by atoms with Crippen molar-refractivity contribution < 1.29 is 9.53 Å². The summed E-state index contributed by atoms with van der Waals surface area (Å²) in [6, 6.07) is 10.6. The van der Waals surface area contributed by atoms with Gasteiger partial charge in [0.15, 0.2) is 0 Å². The van der Waals surface area contributed by atoms with Crippen LogP contribution in [0.25, 0.3) is 0 Å². The molecule has 0 spiro atoms. The number of aromatic nitrogens is 1. The quantitative estimate of drug-likeness (QED) is 0.882. The molecule has 21 heavy (non-hydrogen) atoms. The predicted molar refractivity (Wildman–Crippen MR) is 84.5 cm³/mol. The molecule has 0 atom stereocenters. The Labute approximate surface area is 128 Å². The number of hydrogen-bond acceptors (Lipinski definition) is 4. The van der Waals surface area contributed by atoms with E-state index in [1.54, 1.807) is 0 Å². The molecule has 6 heteroatoms. The zero-order valence-corrected chi connectivity index (χ0v) is 12.8. The summed E-state index contributed by atoms with van der Waals surface area (Å²) in [5.74, 6) is 0.0332. The number of amides is 1. The van der Waals surface area contributed by atoms with Crippen LogP contribution < -0.4 is 15.0 Å². The molecular weight excluding hydrogens is 290 g/mol. The van der Waals surface area contributed by atoms with Gasteiger partial charge in [-0.05, 0) is 30.3 Å². The van der Waals surface area contributed by atoms with E-state index in [1.807, 2.05) is 43.3 Å². The van der Waals surface area contributed by atoms with Crippen LogP contribution >= 0.6 is 11.6 Å². The van der Waals surface area contributed by atoms with Gasteiger partial charge in [0.05, 0.1) is 7.11 Å². The smallest absolute Gasteiger partial charge is 0.255 e. The van der Waals surface area contributed by atoms with E-state index in [9.17, 15) is 4.79 Å². The average molecular weight is 306 g/mol. The molecule has 1 heterocycles. The van der Waals surface area contributed by atoms with Crippen LogP contribution in [0.2, 0.25) is 5.15 Å². The minimum atomic E-state index is -0.268. The van der Waals surface area contributed by atoms with Gasteiger partial charge in [-0.3, -0.25) is 4.79 Å². The third kappa shape index (κ3) is 3.86. The molecule has 0 fully saturated rings. The van der Waals surface area contributed by atoms with E-state index in [4.69, 9.17) is 16.3 Å². The Morgan fingerprint density at radius 2 is 1.90 bits per heavy atom. The van der Waals surface area contributed by atoms with Crippen molar-refractivity contribution in [3.05, 3.63) is 47.1 Å². The Morgan fingerprint density at radius 3 is 2.48 bits per heavy atom. The highest BCUT2D eigenvalue weighted by atomic mass is 35.5. The fourth-order valence-corrected chi connectivity index (χ4v) is 1.96. The lowest BCUT2D eigenvalue weighted by molar-refractivity contribution is 0.102. The summed E-state index contributed by atoms with van der Waals surface area (Å²) in [6.07, 6.45) is 0. The number of nitrogens with zero attached hydrogens (tertiary/aromatic N) is 2. The number of carbonyl (C=O) groups excluding carboxylic acids is 1. The zero-order valence-electron chi connectivity index (χ0n) is 12.1. The molecule has 0 bridgehead atoms. The van der Waals surface area contributed by atoms with E-state index in [2.05, 4.69) is 10.3 Å². The van der Waals surface area contributed by atoms with Crippen LogP contribution in [0, 0.1) is 0 Å². The molecule has 0 aliphatic carbocycles. The molecule has 0 saturated carbocycles. The number of anilines is 2. The number of nitrogens with one attached hydrogen (secondary N) is 1. The third-order valence-corrected chi connectivity index (χ3v) is 3.08. The summed E-state index contributed by atoms with van der Waals surface area (Å²) >= 11 is 5.85. The summed E-state index contributed by atoms with van der Waals surface area (Å²) in [5.41, 5.74) is 2.16. The Hall–Kier alpha value is -2.27. The average Bonchev–Trinajstić information content (AvgIpc) is 2.47. The predicted octanol–water partition coefficient (Wildman–Crippen LogP) is 3.06. The largest absolute Gasteiger partial charge is 0.481 e. The molecule has 5 nitrogen and oxygen atoms in total. The minimum Gasteiger partial charge on any atom is -0.481 e. The number of rotatable bonds is 4. The maximum atomic E-state index is 12.2. The van der Waals surface area contributed by atoms with Gasteiger partial charge in [-0.25, -0.2) is 4.98 Å². The molecule has 2 rings (SSSR count). The van der Waals surface area contributed by atoms with Crippen LogP contribution in [-0.2, 0) is 0 Å². The standard InChI is InChI=1S/C15H16ClN3O2/c1-19(2)12-6-4-11(5-7-12)17-15(20)10-8-13(16)18-14(9-10)21-3/h4-9H,1-3H3,(H,17,20). The lowest BCUT2D eigenvalue weighted by Gasteiger charge is -2.13. The second kappa shape index (κ2) is 6.45. The Morgan fingerprint density at radius 1 is 1.24 bits per heavy atom. The van der Waals surface area contributed by atoms with Crippen molar-refractivity contribution in [1.29, 1.82) is 0 Å². The highest BCUT2D eigenvalue weighted by molar-refractivity contribution is 6.30. The Balaban J connectivity index is 2.15. The Bertz CT molecular complexity index is 642. The summed E-state index contributed by atoms with van der Waals surface area (Å²) in [5, 5.41) is 3.01. The van der Waals surface area contributed by atoms with Crippen LogP contribution in [0.3, 0.4) is 0 Å². The van der Waals surface area contributed by atoms with Gasteiger partial charge in [0.2, 0.25) is 5.88 Å². The van der Waals surface area contributed by atoms with Crippen molar-refractivity contribution >= 4 is 28.9 Å². The molecule has 1 aromatic carbocycles. The molecule has 1 aromatic heterocycles. The zero-order chi connectivity index (χ0) is 15.4. The van der Waals surface area contributed by atoms with E-state index in [0.717, 1.165) is 5.69 Å². The second-order valence-electron chi connectivity index (χ2n) is 4.62. The number of halogens is 1. The maximum Gasteiger partial charge on any atom is 0.255 e. The molecule has 0 aliphatic rings. The lowest BCUT2D eigenvalue weighted by Crippen LogP contribution is -2.13. The highest BCUT2D eigenvalue weighted by Crippen LogP contribution is 2.19. The van der Waals surface area contributed by atoms with Crippen molar-refractivity contribution in [1.82, 2.24) is 4.98 Å². The molecule has 1 amide bonds. The first-order valence-electron chi connectivity index (χ1n) is 6.30. The van der Waals surface area contributed by atoms with Gasteiger partial charge in [-0.15, -0.1) is 0 Å². The van der Waals surface area contributed by atoms with Gasteiger partial charge >= 0.3 is 0 Å². The van der Waals surface area contributed by atoms with E-state index in [-0.39, 0.29) is 11.1 Å². The van der Waals surface area contributed by atoms with Crippen LogP contribution in [0.5, 0.6) is 5.88 Å². The molecule has 110 valence electrons. The normalized spacial score (nSPS) is 10.1. The second-order valence-corrected chi connectivity index (χ2v) is 5.00. The SMILES string of the molecule is COc1cc(C(=O)Nc2ccc(N(C)C)cc2)cc(Cl)n1. The van der Waals surface area contributed by atoms with Crippen LogP contribution in [0.15, 0.2) is 36.4 Å². The van der Waals surface area contributed by atoms with E-state index < -0.39 is 0 Å². The van der Waals surface area contributed by atoms with E-state index in [1.165, 1.54) is 19.2 Å². The topological polar surface area (TPSA) is 54.5 Å². The van der Waals surface area contributed by atoms with Gasteiger partial charge in [0.25, 0.3) is 5.91 Å². The maximum absolute atomic E-state index is 12.2. The third-order valence-electron chi connectivity index (χ3n) is 2.88. The monoisotopic (exact) mass is 305 g/mol. The van der Waals surface area contributed by atoms with E-state index in [0.29, 0.717) is 17.1 Å².